The van der Waals surface area contributed by atoms with Crippen molar-refractivity contribution in [2.24, 2.45) is 17.9 Å². The second kappa shape index (κ2) is 5.15. The van der Waals surface area contributed by atoms with Gasteiger partial charge in [0.2, 0.25) is 5.91 Å². The topological polar surface area (TPSA) is 106 Å². The molecule has 0 unspecified atom stereocenters. The van der Waals surface area contributed by atoms with Gasteiger partial charge < -0.3 is 16.3 Å². The highest BCUT2D eigenvalue weighted by molar-refractivity contribution is 5.98. The lowest BCUT2D eigenvalue weighted by Crippen LogP contribution is -2.28. The summed E-state index contributed by atoms with van der Waals surface area (Å²) in [5.74, 6) is -0.404. The van der Waals surface area contributed by atoms with Gasteiger partial charge >= 0.3 is 0 Å². The molecular formula is C9H15N5O2. The lowest BCUT2D eigenvalue weighted by molar-refractivity contribution is -0.120. The molecule has 0 saturated carbocycles. The van der Waals surface area contributed by atoms with Gasteiger partial charge in [-0.05, 0) is 6.92 Å². The van der Waals surface area contributed by atoms with Crippen LogP contribution in [0.25, 0.3) is 0 Å². The fourth-order valence-electron chi connectivity index (χ4n) is 1.28. The first-order chi connectivity index (χ1) is 7.52. The fraction of sp³-hybridized carbons (Fsp3) is 0.444. The zero-order valence-electron chi connectivity index (χ0n) is 9.27. The third kappa shape index (κ3) is 3.26. The molecule has 1 aromatic heterocycles. The minimum absolute atomic E-state index is 0.111. The van der Waals surface area contributed by atoms with E-state index in [2.05, 4.69) is 15.6 Å². The molecule has 1 heterocycles. The Morgan fingerprint density at radius 2 is 2.44 bits per heavy atom. The summed E-state index contributed by atoms with van der Waals surface area (Å²) in [7, 11) is 1.81. The minimum Gasteiger partial charge on any atom is -0.409 e. The molecular weight excluding hydrogens is 210 g/mol. The summed E-state index contributed by atoms with van der Waals surface area (Å²) >= 11 is 0. The Kier molecular flexibility index (Phi) is 3.87. The SMILES string of the molecule is Cc1nn(C)cc1CNC(=O)C/C(N)=N/O. The molecule has 7 nitrogen and oxygen atoms in total. The van der Waals surface area contributed by atoms with E-state index in [1.54, 1.807) is 4.68 Å². The van der Waals surface area contributed by atoms with Crippen LogP contribution in [0.15, 0.2) is 11.4 Å². The summed E-state index contributed by atoms with van der Waals surface area (Å²) in [4.78, 5) is 11.3. The van der Waals surface area contributed by atoms with Crippen LogP contribution in [0.4, 0.5) is 0 Å². The summed E-state index contributed by atoms with van der Waals surface area (Å²) in [6.45, 7) is 2.25. The standard InChI is InChI=1S/C9H15N5O2/c1-6-7(5-14(2)12-6)4-11-9(15)3-8(10)13-16/h5,16H,3-4H2,1-2H3,(H2,10,13)(H,11,15). The number of nitrogens with one attached hydrogen (secondary N) is 1. The molecule has 0 bridgehead atoms. The van der Waals surface area contributed by atoms with Crippen LogP contribution >= 0.6 is 0 Å². The summed E-state index contributed by atoms with van der Waals surface area (Å²) in [6.07, 6.45) is 1.72. The van der Waals surface area contributed by atoms with Crippen molar-refractivity contribution in [3.63, 3.8) is 0 Å². The number of hydrogen-bond donors (Lipinski definition) is 3. The molecule has 0 aliphatic rings. The zero-order chi connectivity index (χ0) is 12.1. The Morgan fingerprint density at radius 3 is 2.94 bits per heavy atom. The molecule has 0 aliphatic carbocycles. The molecule has 0 radical (unpaired) electrons. The maximum Gasteiger partial charge on any atom is 0.227 e. The highest BCUT2D eigenvalue weighted by atomic mass is 16.4. The van der Waals surface area contributed by atoms with Crippen LogP contribution < -0.4 is 11.1 Å². The number of rotatable bonds is 4. The first-order valence-corrected chi connectivity index (χ1v) is 4.75. The van der Waals surface area contributed by atoms with Gasteiger partial charge in [-0.2, -0.15) is 5.10 Å². The normalized spacial score (nSPS) is 11.5. The van der Waals surface area contributed by atoms with Crippen molar-refractivity contribution in [1.82, 2.24) is 15.1 Å². The van der Waals surface area contributed by atoms with Crippen molar-refractivity contribution in [3.05, 3.63) is 17.5 Å². The third-order valence-corrected chi connectivity index (χ3v) is 2.06. The van der Waals surface area contributed by atoms with Gasteiger partial charge in [0.1, 0.15) is 5.84 Å². The molecule has 16 heavy (non-hydrogen) atoms. The van der Waals surface area contributed by atoms with E-state index in [0.29, 0.717) is 6.54 Å². The molecule has 1 aromatic rings. The Hall–Kier alpha value is -2.05. The molecule has 0 aliphatic heterocycles. The quantitative estimate of drug-likeness (QED) is 0.277. The molecule has 0 saturated heterocycles. The average molecular weight is 225 g/mol. The molecule has 1 amide bonds. The van der Waals surface area contributed by atoms with Crippen molar-refractivity contribution >= 4 is 11.7 Å². The minimum atomic E-state index is -0.293. The van der Waals surface area contributed by atoms with E-state index in [-0.39, 0.29) is 18.2 Å². The second-order valence-corrected chi connectivity index (χ2v) is 3.46. The van der Waals surface area contributed by atoms with E-state index in [0.717, 1.165) is 11.3 Å². The number of oxime groups is 1. The Morgan fingerprint density at radius 1 is 1.75 bits per heavy atom. The van der Waals surface area contributed by atoms with Gasteiger partial charge in [-0.25, -0.2) is 0 Å². The molecule has 1 rings (SSSR count). The van der Waals surface area contributed by atoms with Crippen molar-refractivity contribution in [2.75, 3.05) is 0 Å². The monoisotopic (exact) mass is 225 g/mol. The molecule has 0 aromatic carbocycles. The number of amides is 1. The lowest BCUT2D eigenvalue weighted by atomic mass is 10.2. The van der Waals surface area contributed by atoms with Crippen LogP contribution in [0.1, 0.15) is 17.7 Å². The summed E-state index contributed by atoms with van der Waals surface area (Å²) in [5.41, 5.74) is 7.01. The summed E-state index contributed by atoms with van der Waals surface area (Å²) in [6, 6.07) is 0. The van der Waals surface area contributed by atoms with E-state index >= 15 is 0 Å². The van der Waals surface area contributed by atoms with Gasteiger partial charge in [-0.3, -0.25) is 9.48 Å². The number of carbonyl (C=O) groups is 1. The summed E-state index contributed by atoms with van der Waals surface area (Å²) < 4.78 is 1.68. The van der Waals surface area contributed by atoms with Crippen LogP contribution in [-0.2, 0) is 18.4 Å². The van der Waals surface area contributed by atoms with E-state index < -0.39 is 0 Å². The molecule has 88 valence electrons. The number of aryl methyl sites for hydroxylation is 2. The van der Waals surface area contributed by atoms with Gasteiger partial charge in [0, 0.05) is 25.4 Å². The Labute approximate surface area is 92.9 Å². The van der Waals surface area contributed by atoms with E-state index in [9.17, 15) is 4.79 Å². The van der Waals surface area contributed by atoms with Crippen molar-refractivity contribution in [1.29, 1.82) is 0 Å². The molecule has 0 fully saturated rings. The molecule has 7 heteroatoms. The Balaban J connectivity index is 2.46. The molecule has 4 N–H and O–H groups in total. The third-order valence-electron chi connectivity index (χ3n) is 2.06. The maximum atomic E-state index is 11.3. The second-order valence-electron chi connectivity index (χ2n) is 3.46. The number of nitrogens with two attached hydrogens (primary N) is 1. The van der Waals surface area contributed by atoms with Crippen LogP contribution in [0.5, 0.6) is 0 Å². The van der Waals surface area contributed by atoms with E-state index in [1.165, 1.54) is 0 Å². The van der Waals surface area contributed by atoms with Crippen molar-refractivity contribution in [3.8, 4) is 0 Å². The van der Waals surface area contributed by atoms with Gasteiger partial charge in [-0.15, -0.1) is 0 Å². The highest BCUT2D eigenvalue weighted by Gasteiger charge is 2.07. The van der Waals surface area contributed by atoms with Crippen LogP contribution in [0.2, 0.25) is 0 Å². The maximum absolute atomic E-state index is 11.3. The van der Waals surface area contributed by atoms with E-state index in [4.69, 9.17) is 10.9 Å². The van der Waals surface area contributed by atoms with Crippen LogP contribution in [-0.4, -0.2) is 26.7 Å². The predicted molar refractivity (Wildman–Crippen MR) is 57.8 cm³/mol. The van der Waals surface area contributed by atoms with Crippen molar-refractivity contribution in [2.45, 2.75) is 19.9 Å². The zero-order valence-corrected chi connectivity index (χ0v) is 9.27. The Bertz CT molecular complexity index is 410. The number of aromatic nitrogens is 2. The lowest BCUT2D eigenvalue weighted by Gasteiger charge is -2.02. The molecule has 0 atom stereocenters. The summed E-state index contributed by atoms with van der Waals surface area (Å²) in [5, 5.41) is 17.8. The van der Waals surface area contributed by atoms with Crippen molar-refractivity contribution < 1.29 is 10.0 Å². The molecule has 0 spiro atoms. The smallest absolute Gasteiger partial charge is 0.227 e. The number of amidine groups is 1. The number of nitrogens with zero attached hydrogens (tertiary/aromatic N) is 3. The van der Waals surface area contributed by atoms with E-state index in [1.807, 2.05) is 20.2 Å². The predicted octanol–water partition coefficient (Wildman–Crippen LogP) is -0.519. The van der Waals surface area contributed by atoms with Gasteiger partial charge in [0.05, 0.1) is 12.1 Å². The number of carbonyl (C=O) groups excluding carboxylic acids is 1. The van der Waals surface area contributed by atoms with Gasteiger partial charge in [0.25, 0.3) is 0 Å². The van der Waals surface area contributed by atoms with Crippen LogP contribution in [0.3, 0.4) is 0 Å². The fourth-order valence-corrected chi connectivity index (χ4v) is 1.28. The first-order valence-electron chi connectivity index (χ1n) is 4.75. The van der Waals surface area contributed by atoms with Gasteiger partial charge in [0.15, 0.2) is 0 Å². The van der Waals surface area contributed by atoms with Crippen LogP contribution in [0, 0.1) is 6.92 Å². The average Bonchev–Trinajstić information content (AvgIpc) is 2.54. The number of hydrogen-bond acceptors (Lipinski definition) is 4. The first kappa shape index (κ1) is 12.0. The largest absolute Gasteiger partial charge is 0.409 e. The van der Waals surface area contributed by atoms with Gasteiger partial charge in [-0.1, -0.05) is 5.16 Å². The highest BCUT2D eigenvalue weighted by Crippen LogP contribution is 2.03.